The minimum Gasteiger partial charge on any atom is -0.317 e. The van der Waals surface area contributed by atoms with Gasteiger partial charge in [0.05, 0.1) is 0 Å². The third kappa shape index (κ3) is 2.65. The standard InChI is InChI=1S/C13H22N2S/c1-14-11-7-5-10(6-8-11)13(15-2)12-4-3-9-16-12/h3-4,9-11,13-15H,5-8H2,1-2H3. The molecule has 0 amide bonds. The average Bonchev–Trinajstić information content (AvgIpc) is 2.85. The SMILES string of the molecule is CNC1CCC(C(NC)c2cccs2)CC1. The van der Waals surface area contributed by atoms with Gasteiger partial charge in [0.25, 0.3) is 0 Å². The molecule has 90 valence electrons. The van der Waals surface area contributed by atoms with Crippen molar-refractivity contribution >= 4 is 11.3 Å². The number of nitrogens with one attached hydrogen (secondary N) is 2. The Morgan fingerprint density at radius 1 is 1.25 bits per heavy atom. The van der Waals surface area contributed by atoms with Crippen LogP contribution >= 0.6 is 11.3 Å². The molecule has 0 aliphatic heterocycles. The monoisotopic (exact) mass is 238 g/mol. The van der Waals surface area contributed by atoms with Crippen molar-refractivity contribution < 1.29 is 0 Å². The summed E-state index contributed by atoms with van der Waals surface area (Å²) in [4.78, 5) is 1.50. The summed E-state index contributed by atoms with van der Waals surface area (Å²) >= 11 is 1.88. The molecule has 1 aliphatic carbocycles. The fourth-order valence-electron chi connectivity index (χ4n) is 2.82. The van der Waals surface area contributed by atoms with E-state index in [4.69, 9.17) is 0 Å². The summed E-state index contributed by atoms with van der Waals surface area (Å²) in [5.41, 5.74) is 0. The molecule has 1 aromatic heterocycles. The van der Waals surface area contributed by atoms with Crippen molar-refractivity contribution in [3.63, 3.8) is 0 Å². The van der Waals surface area contributed by atoms with Crippen LogP contribution in [0.2, 0.25) is 0 Å². The molecule has 2 N–H and O–H groups in total. The summed E-state index contributed by atoms with van der Waals surface area (Å²) in [6.45, 7) is 0. The van der Waals surface area contributed by atoms with Gasteiger partial charge in [0.1, 0.15) is 0 Å². The van der Waals surface area contributed by atoms with E-state index in [9.17, 15) is 0 Å². The molecule has 1 saturated carbocycles. The Kier molecular flexibility index (Phi) is 4.38. The van der Waals surface area contributed by atoms with Crippen molar-refractivity contribution in [2.75, 3.05) is 14.1 Å². The first-order valence-electron chi connectivity index (χ1n) is 6.23. The van der Waals surface area contributed by atoms with Gasteiger partial charge in [-0.1, -0.05) is 6.07 Å². The Bertz CT molecular complexity index is 289. The van der Waals surface area contributed by atoms with Crippen LogP contribution in [0.4, 0.5) is 0 Å². The van der Waals surface area contributed by atoms with E-state index in [2.05, 4.69) is 42.2 Å². The first kappa shape index (κ1) is 12.1. The summed E-state index contributed by atoms with van der Waals surface area (Å²) in [6.07, 6.45) is 5.33. The highest BCUT2D eigenvalue weighted by molar-refractivity contribution is 7.10. The largest absolute Gasteiger partial charge is 0.317 e. The first-order chi connectivity index (χ1) is 7.85. The zero-order valence-electron chi connectivity index (χ0n) is 10.2. The van der Waals surface area contributed by atoms with Gasteiger partial charge in [-0.05, 0) is 57.1 Å². The quantitative estimate of drug-likeness (QED) is 0.843. The molecule has 0 aromatic carbocycles. The Labute approximate surface area is 102 Å². The molecule has 1 atom stereocenters. The summed E-state index contributed by atoms with van der Waals surface area (Å²) in [5, 5.41) is 9.07. The molecule has 0 saturated heterocycles. The van der Waals surface area contributed by atoms with Crippen LogP contribution in [0.1, 0.15) is 36.6 Å². The molecule has 1 unspecified atom stereocenters. The number of hydrogen-bond acceptors (Lipinski definition) is 3. The Morgan fingerprint density at radius 2 is 2.00 bits per heavy atom. The highest BCUT2D eigenvalue weighted by Crippen LogP contribution is 2.35. The second-order valence-electron chi connectivity index (χ2n) is 4.68. The lowest BCUT2D eigenvalue weighted by Gasteiger charge is -2.33. The van der Waals surface area contributed by atoms with Gasteiger partial charge in [-0.25, -0.2) is 0 Å². The topological polar surface area (TPSA) is 24.1 Å². The van der Waals surface area contributed by atoms with E-state index in [1.54, 1.807) is 0 Å². The van der Waals surface area contributed by atoms with Crippen LogP contribution in [-0.2, 0) is 0 Å². The lowest BCUT2D eigenvalue weighted by Crippen LogP contribution is -2.34. The van der Waals surface area contributed by atoms with E-state index in [1.165, 1.54) is 30.6 Å². The van der Waals surface area contributed by atoms with Crippen LogP contribution in [0.15, 0.2) is 17.5 Å². The average molecular weight is 238 g/mol. The van der Waals surface area contributed by atoms with Gasteiger partial charge in [-0.15, -0.1) is 11.3 Å². The zero-order valence-corrected chi connectivity index (χ0v) is 11.0. The molecule has 0 bridgehead atoms. The molecule has 2 rings (SSSR count). The molecule has 0 radical (unpaired) electrons. The normalized spacial score (nSPS) is 27.9. The van der Waals surface area contributed by atoms with Gasteiger partial charge < -0.3 is 10.6 Å². The van der Waals surface area contributed by atoms with Crippen LogP contribution in [0.3, 0.4) is 0 Å². The Balaban J connectivity index is 1.96. The zero-order chi connectivity index (χ0) is 11.4. The van der Waals surface area contributed by atoms with Crippen LogP contribution in [-0.4, -0.2) is 20.1 Å². The predicted octanol–water partition coefficient (Wildman–Crippen LogP) is 2.79. The second kappa shape index (κ2) is 5.80. The lowest BCUT2D eigenvalue weighted by atomic mass is 9.81. The Hall–Kier alpha value is -0.380. The molecular weight excluding hydrogens is 216 g/mol. The molecule has 1 aromatic rings. The van der Waals surface area contributed by atoms with Gasteiger partial charge in [-0.2, -0.15) is 0 Å². The van der Waals surface area contributed by atoms with Crippen molar-refractivity contribution in [3.8, 4) is 0 Å². The summed E-state index contributed by atoms with van der Waals surface area (Å²) in [6, 6.07) is 5.73. The number of rotatable bonds is 4. The molecular formula is C13H22N2S. The third-order valence-electron chi connectivity index (χ3n) is 3.81. The van der Waals surface area contributed by atoms with Crippen molar-refractivity contribution in [1.29, 1.82) is 0 Å². The van der Waals surface area contributed by atoms with Crippen molar-refractivity contribution in [1.82, 2.24) is 10.6 Å². The number of thiophene rings is 1. The van der Waals surface area contributed by atoms with Crippen molar-refractivity contribution in [3.05, 3.63) is 22.4 Å². The van der Waals surface area contributed by atoms with E-state index in [1.807, 2.05) is 11.3 Å². The predicted molar refractivity (Wildman–Crippen MR) is 70.9 cm³/mol. The second-order valence-corrected chi connectivity index (χ2v) is 5.66. The lowest BCUT2D eigenvalue weighted by molar-refractivity contribution is 0.250. The van der Waals surface area contributed by atoms with Crippen LogP contribution in [0, 0.1) is 5.92 Å². The van der Waals surface area contributed by atoms with Gasteiger partial charge in [0.2, 0.25) is 0 Å². The third-order valence-corrected chi connectivity index (χ3v) is 4.77. The molecule has 1 heterocycles. The van der Waals surface area contributed by atoms with Crippen molar-refractivity contribution in [2.45, 2.75) is 37.8 Å². The van der Waals surface area contributed by atoms with E-state index < -0.39 is 0 Å². The Morgan fingerprint density at radius 3 is 2.50 bits per heavy atom. The van der Waals surface area contributed by atoms with E-state index in [-0.39, 0.29) is 0 Å². The molecule has 0 spiro atoms. The minimum absolute atomic E-state index is 0.567. The van der Waals surface area contributed by atoms with Crippen LogP contribution < -0.4 is 10.6 Å². The maximum Gasteiger partial charge on any atom is 0.0441 e. The van der Waals surface area contributed by atoms with Gasteiger partial charge in [0.15, 0.2) is 0 Å². The maximum absolute atomic E-state index is 3.50. The fraction of sp³-hybridized carbons (Fsp3) is 0.692. The van der Waals surface area contributed by atoms with E-state index >= 15 is 0 Å². The molecule has 1 fully saturated rings. The maximum atomic E-state index is 3.50. The highest BCUT2D eigenvalue weighted by atomic mass is 32.1. The summed E-state index contributed by atoms with van der Waals surface area (Å²) in [5.74, 6) is 0.813. The first-order valence-corrected chi connectivity index (χ1v) is 7.11. The van der Waals surface area contributed by atoms with Crippen LogP contribution in [0.25, 0.3) is 0 Å². The minimum atomic E-state index is 0.567. The smallest absolute Gasteiger partial charge is 0.0441 e. The van der Waals surface area contributed by atoms with Gasteiger partial charge >= 0.3 is 0 Å². The number of hydrogen-bond donors (Lipinski definition) is 2. The van der Waals surface area contributed by atoms with Crippen molar-refractivity contribution in [2.24, 2.45) is 5.92 Å². The molecule has 3 heteroatoms. The van der Waals surface area contributed by atoms with E-state index in [0.717, 1.165) is 12.0 Å². The summed E-state index contributed by atoms with van der Waals surface area (Å²) < 4.78 is 0. The van der Waals surface area contributed by atoms with Gasteiger partial charge in [-0.3, -0.25) is 0 Å². The molecule has 16 heavy (non-hydrogen) atoms. The van der Waals surface area contributed by atoms with Gasteiger partial charge in [0, 0.05) is 17.0 Å². The highest BCUT2D eigenvalue weighted by Gasteiger charge is 2.27. The van der Waals surface area contributed by atoms with Crippen LogP contribution in [0.5, 0.6) is 0 Å². The summed E-state index contributed by atoms with van der Waals surface area (Å²) in [7, 11) is 4.17. The fourth-order valence-corrected chi connectivity index (χ4v) is 3.75. The molecule has 1 aliphatic rings. The molecule has 2 nitrogen and oxygen atoms in total. The van der Waals surface area contributed by atoms with E-state index in [0.29, 0.717) is 6.04 Å².